The molecule has 0 spiro atoms. The van der Waals surface area contributed by atoms with Crippen LogP contribution in [0.1, 0.15) is 25.7 Å². The fourth-order valence-electron chi connectivity index (χ4n) is 1.99. The van der Waals surface area contributed by atoms with Crippen molar-refractivity contribution < 1.29 is 9.15 Å². The summed E-state index contributed by atoms with van der Waals surface area (Å²) in [6, 6.07) is 5.69. The molecule has 2 N–H and O–H groups in total. The largest absolute Gasteiger partial charge is 0.497 e. The Morgan fingerprint density at radius 1 is 1.39 bits per heavy atom. The molecule has 1 heterocycles. The molecule has 0 saturated carbocycles. The zero-order valence-electron chi connectivity index (χ0n) is 11.0. The first kappa shape index (κ1) is 12.9. The van der Waals surface area contributed by atoms with Gasteiger partial charge in [0, 0.05) is 12.5 Å². The van der Waals surface area contributed by atoms with Gasteiger partial charge in [-0.05, 0) is 37.4 Å². The molecule has 2 aromatic rings. The van der Waals surface area contributed by atoms with Crippen LogP contribution in [0, 0.1) is 5.92 Å². The smallest absolute Gasteiger partial charge is 0.195 e. The van der Waals surface area contributed by atoms with Crippen molar-refractivity contribution in [1.29, 1.82) is 0 Å². The van der Waals surface area contributed by atoms with E-state index < -0.39 is 0 Å². The molecule has 18 heavy (non-hydrogen) atoms. The van der Waals surface area contributed by atoms with Crippen LogP contribution in [0.5, 0.6) is 5.75 Å². The minimum absolute atomic E-state index is 0.611. The van der Waals surface area contributed by atoms with Gasteiger partial charge in [-0.1, -0.05) is 6.92 Å². The van der Waals surface area contributed by atoms with E-state index in [-0.39, 0.29) is 0 Å². The summed E-state index contributed by atoms with van der Waals surface area (Å²) < 4.78 is 10.9. The van der Waals surface area contributed by atoms with Gasteiger partial charge in [-0.25, -0.2) is 4.98 Å². The van der Waals surface area contributed by atoms with Gasteiger partial charge in [-0.15, -0.1) is 0 Å². The highest BCUT2D eigenvalue weighted by Crippen LogP contribution is 2.22. The summed E-state index contributed by atoms with van der Waals surface area (Å²) in [5.41, 5.74) is 7.21. The SMILES string of the molecule is COc1ccc2nc(CCC(C)CCN)oc2c1. The number of aromatic nitrogens is 1. The minimum atomic E-state index is 0.611. The fraction of sp³-hybridized carbons (Fsp3) is 0.500. The number of rotatable bonds is 6. The molecule has 1 unspecified atom stereocenters. The standard InChI is InChI=1S/C14H20N2O2/c1-10(7-8-15)3-6-14-16-12-5-4-11(17-2)9-13(12)18-14/h4-5,9-10H,3,6-8,15H2,1-2H3. The van der Waals surface area contributed by atoms with Gasteiger partial charge >= 0.3 is 0 Å². The summed E-state index contributed by atoms with van der Waals surface area (Å²) in [6.45, 7) is 2.95. The number of nitrogens with two attached hydrogens (primary N) is 1. The maximum Gasteiger partial charge on any atom is 0.195 e. The van der Waals surface area contributed by atoms with Gasteiger partial charge in [-0.2, -0.15) is 0 Å². The molecular weight excluding hydrogens is 228 g/mol. The van der Waals surface area contributed by atoms with Gasteiger partial charge in [-0.3, -0.25) is 0 Å². The monoisotopic (exact) mass is 248 g/mol. The van der Waals surface area contributed by atoms with Crippen LogP contribution in [0.25, 0.3) is 11.1 Å². The molecule has 0 aliphatic carbocycles. The van der Waals surface area contributed by atoms with Crippen molar-refractivity contribution in [2.75, 3.05) is 13.7 Å². The molecule has 1 aromatic heterocycles. The predicted molar refractivity (Wildman–Crippen MR) is 71.7 cm³/mol. The molecule has 0 radical (unpaired) electrons. The van der Waals surface area contributed by atoms with Gasteiger partial charge in [0.25, 0.3) is 0 Å². The van der Waals surface area contributed by atoms with Crippen LogP contribution in [0.4, 0.5) is 0 Å². The predicted octanol–water partition coefficient (Wildman–Crippen LogP) is 2.75. The fourth-order valence-corrected chi connectivity index (χ4v) is 1.99. The Morgan fingerprint density at radius 2 is 2.22 bits per heavy atom. The van der Waals surface area contributed by atoms with Crippen molar-refractivity contribution in [2.45, 2.75) is 26.2 Å². The van der Waals surface area contributed by atoms with Gasteiger partial charge in [0.1, 0.15) is 11.3 Å². The Kier molecular flexibility index (Phi) is 4.20. The highest BCUT2D eigenvalue weighted by Gasteiger charge is 2.08. The minimum Gasteiger partial charge on any atom is -0.497 e. The number of hydrogen-bond acceptors (Lipinski definition) is 4. The number of oxazole rings is 1. The first-order valence-corrected chi connectivity index (χ1v) is 6.36. The molecule has 0 saturated heterocycles. The van der Waals surface area contributed by atoms with Crippen molar-refractivity contribution >= 4 is 11.1 Å². The second kappa shape index (κ2) is 5.87. The summed E-state index contributed by atoms with van der Waals surface area (Å²) in [5, 5.41) is 0. The molecule has 1 atom stereocenters. The quantitative estimate of drug-likeness (QED) is 0.853. The number of methoxy groups -OCH3 is 1. The number of benzene rings is 1. The van der Waals surface area contributed by atoms with Crippen molar-refractivity contribution in [3.8, 4) is 5.75 Å². The Morgan fingerprint density at radius 3 is 2.94 bits per heavy atom. The topological polar surface area (TPSA) is 61.3 Å². The number of fused-ring (bicyclic) bond motifs is 1. The lowest BCUT2D eigenvalue weighted by Crippen LogP contribution is -2.06. The molecule has 0 aliphatic heterocycles. The lowest BCUT2D eigenvalue weighted by atomic mass is 10.0. The van der Waals surface area contributed by atoms with E-state index in [1.54, 1.807) is 7.11 Å². The molecule has 2 rings (SSSR count). The van der Waals surface area contributed by atoms with Gasteiger partial charge < -0.3 is 14.9 Å². The van der Waals surface area contributed by atoms with E-state index >= 15 is 0 Å². The molecule has 4 heteroatoms. The van der Waals surface area contributed by atoms with E-state index in [9.17, 15) is 0 Å². The third-order valence-corrected chi connectivity index (χ3v) is 3.15. The Hall–Kier alpha value is -1.55. The lowest BCUT2D eigenvalue weighted by Gasteiger charge is -2.06. The van der Waals surface area contributed by atoms with E-state index in [0.29, 0.717) is 5.92 Å². The molecular formula is C14H20N2O2. The van der Waals surface area contributed by atoms with E-state index in [1.807, 2.05) is 18.2 Å². The molecule has 98 valence electrons. The van der Waals surface area contributed by atoms with Crippen molar-refractivity contribution in [3.05, 3.63) is 24.1 Å². The second-order valence-corrected chi connectivity index (χ2v) is 4.66. The number of nitrogens with zero attached hydrogens (tertiary/aromatic N) is 1. The number of hydrogen-bond donors (Lipinski definition) is 1. The molecule has 1 aromatic carbocycles. The average molecular weight is 248 g/mol. The van der Waals surface area contributed by atoms with Crippen LogP contribution < -0.4 is 10.5 Å². The van der Waals surface area contributed by atoms with Crippen LogP contribution in [0.2, 0.25) is 0 Å². The Balaban J connectivity index is 2.05. The summed E-state index contributed by atoms with van der Waals surface area (Å²) >= 11 is 0. The molecule has 0 aliphatic rings. The van der Waals surface area contributed by atoms with E-state index in [2.05, 4.69) is 11.9 Å². The highest BCUT2D eigenvalue weighted by atomic mass is 16.5. The molecule has 0 fully saturated rings. The molecule has 0 bridgehead atoms. The van der Waals surface area contributed by atoms with E-state index in [4.69, 9.17) is 14.9 Å². The first-order valence-electron chi connectivity index (χ1n) is 6.36. The Labute approximate surface area is 107 Å². The summed E-state index contributed by atoms with van der Waals surface area (Å²) in [7, 11) is 1.65. The Bertz CT molecular complexity index is 507. The first-order chi connectivity index (χ1) is 8.72. The third kappa shape index (κ3) is 3.01. The maximum atomic E-state index is 5.72. The van der Waals surface area contributed by atoms with Crippen molar-refractivity contribution in [2.24, 2.45) is 11.7 Å². The summed E-state index contributed by atoms with van der Waals surface area (Å²) in [5.74, 6) is 2.20. The van der Waals surface area contributed by atoms with Crippen LogP contribution in [0.3, 0.4) is 0 Å². The summed E-state index contributed by atoms with van der Waals surface area (Å²) in [4.78, 5) is 4.47. The zero-order chi connectivity index (χ0) is 13.0. The maximum absolute atomic E-state index is 5.72. The normalized spacial score (nSPS) is 12.8. The van der Waals surface area contributed by atoms with Crippen LogP contribution in [-0.2, 0) is 6.42 Å². The van der Waals surface area contributed by atoms with Crippen molar-refractivity contribution in [3.63, 3.8) is 0 Å². The second-order valence-electron chi connectivity index (χ2n) is 4.66. The lowest BCUT2D eigenvalue weighted by molar-refractivity contribution is 0.413. The van der Waals surface area contributed by atoms with Gasteiger partial charge in [0.2, 0.25) is 0 Å². The van der Waals surface area contributed by atoms with Crippen LogP contribution in [0.15, 0.2) is 22.6 Å². The van der Waals surface area contributed by atoms with E-state index in [1.165, 1.54) is 0 Å². The van der Waals surface area contributed by atoms with Gasteiger partial charge in [0.05, 0.1) is 7.11 Å². The van der Waals surface area contributed by atoms with Crippen LogP contribution >= 0.6 is 0 Å². The summed E-state index contributed by atoms with van der Waals surface area (Å²) in [6.07, 6.45) is 2.97. The number of aryl methyl sites for hydroxylation is 1. The van der Waals surface area contributed by atoms with Crippen LogP contribution in [-0.4, -0.2) is 18.6 Å². The van der Waals surface area contributed by atoms with Crippen molar-refractivity contribution in [1.82, 2.24) is 4.98 Å². The number of ether oxygens (including phenoxy) is 1. The zero-order valence-corrected chi connectivity index (χ0v) is 11.0. The molecule has 4 nitrogen and oxygen atoms in total. The van der Waals surface area contributed by atoms with E-state index in [0.717, 1.165) is 48.5 Å². The molecule has 0 amide bonds. The third-order valence-electron chi connectivity index (χ3n) is 3.15. The van der Waals surface area contributed by atoms with Gasteiger partial charge in [0.15, 0.2) is 11.5 Å². The average Bonchev–Trinajstić information content (AvgIpc) is 2.78. The highest BCUT2D eigenvalue weighted by molar-refractivity contribution is 5.74.